The summed E-state index contributed by atoms with van der Waals surface area (Å²) in [7, 11) is 0. The number of hydrogen-bond donors (Lipinski definition) is 2. The summed E-state index contributed by atoms with van der Waals surface area (Å²) in [6.45, 7) is 4.38. The average molecular weight is 517 g/mol. The van der Waals surface area contributed by atoms with Gasteiger partial charge >= 0.3 is 6.18 Å². The first kappa shape index (κ1) is 26.1. The highest BCUT2D eigenvalue weighted by atomic mass is 32.2. The second-order valence-electron chi connectivity index (χ2n) is 9.19. The Morgan fingerprint density at radius 2 is 1.72 bits per heavy atom. The van der Waals surface area contributed by atoms with Gasteiger partial charge in [-0.2, -0.15) is 13.2 Å². The molecule has 190 valence electrons. The molecule has 5 nitrogen and oxygen atoms in total. The van der Waals surface area contributed by atoms with Crippen molar-refractivity contribution >= 4 is 22.9 Å². The Morgan fingerprint density at radius 3 is 2.42 bits per heavy atom. The van der Waals surface area contributed by atoms with Crippen molar-refractivity contribution in [2.75, 3.05) is 11.9 Å². The Kier molecular flexibility index (Phi) is 7.92. The van der Waals surface area contributed by atoms with E-state index in [0.717, 1.165) is 23.3 Å². The lowest BCUT2D eigenvalue weighted by Gasteiger charge is -2.12. The van der Waals surface area contributed by atoms with Gasteiger partial charge in [0.15, 0.2) is 0 Å². The number of amides is 1. The van der Waals surface area contributed by atoms with Gasteiger partial charge in [-0.15, -0.1) is 0 Å². The van der Waals surface area contributed by atoms with E-state index in [1.54, 1.807) is 24.3 Å². The molecule has 0 saturated heterocycles. The summed E-state index contributed by atoms with van der Waals surface area (Å²) < 4.78 is 59.2. The van der Waals surface area contributed by atoms with E-state index in [1.807, 2.05) is 32.0 Å². The largest absolute Gasteiger partial charge is 0.416 e. The normalized spacial score (nSPS) is 16.1. The maximum Gasteiger partial charge on any atom is 0.416 e. The van der Waals surface area contributed by atoms with Gasteiger partial charge in [-0.05, 0) is 71.3 Å². The molecule has 2 N–H and O–H groups in total. The third-order valence-electron chi connectivity index (χ3n) is 5.86. The van der Waals surface area contributed by atoms with Crippen LogP contribution in [-0.4, -0.2) is 22.8 Å². The molecule has 1 amide bonds. The van der Waals surface area contributed by atoms with Gasteiger partial charge in [-0.3, -0.25) is 8.98 Å². The first-order chi connectivity index (χ1) is 17.1. The number of rotatable bonds is 8. The summed E-state index contributed by atoms with van der Waals surface area (Å²) in [5, 5.41) is 2.90. The number of anilines is 1. The van der Waals surface area contributed by atoms with Crippen molar-refractivity contribution in [3.63, 3.8) is 0 Å². The van der Waals surface area contributed by atoms with Gasteiger partial charge in [0, 0.05) is 17.3 Å². The van der Waals surface area contributed by atoms with E-state index in [-0.39, 0.29) is 17.9 Å². The van der Waals surface area contributed by atoms with E-state index in [0.29, 0.717) is 41.8 Å². The number of benzene rings is 3. The van der Waals surface area contributed by atoms with Gasteiger partial charge < -0.3 is 5.32 Å². The van der Waals surface area contributed by atoms with Gasteiger partial charge in [0.2, 0.25) is 11.3 Å². The standard InChI is InChI=1S/C27H27F3N2O3S/c1-17(2)16-35-36(34)32-23-13-19-9-12-22(14-20(19)15-23)31-26(33)25-6-4-3-5-24(25)18-7-10-21(11-8-18)27(28,29)30/h3-12,14,17,23,32H,13,15-16H2,1-2H3,(H,31,33). The van der Waals surface area contributed by atoms with Gasteiger partial charge in [0.25, 0.3) is 5.91 Å². The Balaban J connectivity index is 1.45. The summed E-state index contributed by atoms with van der Waals surface area (Å²) in [4.78, 5) is 13.1. The monoisotopic (exact) mass is 516 g/mol. The molecule has 0 heterocycles. The van der Waals surface area contributed by atoms with Crippen LogP contribution in [0.3, 0.4) is 0 Å². The van der Waals surface area contributed by atoms with Crippen LogP contribution >= 0.6 is 0 Å². The first-order valence-corrected chi connectivity index (χ1v) is 12.7. The highest BCUT2D eigenvalue weighted by molar-refractivity contribution is 7.78. The smallest absolute Gasteiger partial charge is 0.322 e. The topological polar surface area (TPSA) is 67.4 Å². The molecule has 4 rings (SSSR count). The number of nitrogens with one attached hydrogen (secondary N) is 2. The molecule has 0 radical (unpaired) electrons. The number of carbonyl (C=O) groups is 1. The molecule has 9 heteroatoms. The van der Waals surface area contributed by atoms with Crippen LogP contribution in [0.2, 0.25) is 0 Å². The molecule has 36 heavy (non-hydrogen) atoms. The van der Waals surface area contributed by atoms with Crippen molar-refractivity contribution in [1.29, 1.82) is 0 Å². The zero-order valence-corrected chi connectivity index (χ0v) is 20.7. The lowest BCUT2D eigenvalue weighted by molar-refractivity contribution is -0.137. The minimum Gasteiger partial charge on any atom is -0.322 e. The van der Waals surface area contributed by atoms with Crippen molar-refractivity contribution < 1.29 is 26.4 Å². The Labute approximate surface area is 210 Å². The van der Waals surface area contributed by atoms with Crippen LogP contribution in [-0.2, 0) is 34.5 Å². The Hall–Kier alpha value is -3.01. The SMILES string of the molecule is CC(C)COS(=O)NC1Cc2ccc(NC(=O)c3ccccc3-c3ccc(C(F)(F)F)cc3)cc2C1. The van der Waals surface area contributed by atoms with Crippen LogP contribution in [0.5, 0.6) is 0 Å². The van der Waals surface area contributed by atoms with Crippen LogP contribution in [0.15, 0.2) is 66.7 Å². The van der Waals surface area contributed by atoms with Gasteiger partial charge in [0.1, 0.15) is 0 Å². The van der Waals surface area contributed by atoms with E-state index in [2.05, 4.69) is 10.0 Å². The molecule has 1 aliphatic rings. The van der Waals surface area contributed by atoms with Gasteiger partial charge in [-0.25, -0.2) is 8.93 Å². The highest BCUT2D eigenvalue weighted by Crippen LogP contribution is 2.32. The molecule has 0 spiro atoms. The molecule has 1 aliphatic carbocycles. The van der Waals surface area contributed by atoms with Crippen LogP contribution < -0.4 is 10.0 Å². The van der Waals surface area contributed by atoms with Gasteiger partial charge in [-0.1, -0.05) is 50.2 Å². The molecule has 2 unspecified atom stereocenters. The van der Waals surface area contributed by atoms with E-state index in [4.69, 9.17) is 4.18 Å². The second-order valence-corrected chi connectivity index (χ2v) is 10.1. The highest BCUT2D eigenvalue weighted by Gasteiger charge is 2.30. The molecule has 0 aliphatic heterocycles. The third kappa shape index (κ3) is 6.40. The van der Waals surface area contributed by atoms with E-state index in [9.17, 15) is 22.2 Å². The number of hydrogen-bond acceptors (Lipinski definition) is 3. The molecular weight excluding hydrogens is 489 g/mol. The molecule has 2 atom stereocenters. The molecular formula is C27H27F3N2O3S. The van der Waals surface area contributed by atoms with E-state index < -0.39 is 23.0 Å². The zero-order valence-electron chi connectivity index (χ0n) is 19.9. The van der Waals surface area contributed by atoms with Crippen LogP contribution in [0, 0.1) is 5.92 Å². The fourth-order valence-electron chi connectivity index (χ4n) is 4.12. The summed E-state index contributed by atoms with van der Waals surface area (Å²) in [6, 6.07) is 17.2. The van der Waals surface area contributed by atoms with Crippen LogP contribution in [0.25, 0.3) is 11.1 Å². The first-order valence-electron chi connectivity index (χ1n) is 11.6. The summed E-state index contributed by atoms with van der Waals surface area (Å²) >= 11 is -1.57. The zero-order chi connectivity index (χ0) is 25.9. The van der Waals surface area contributed by atoms with E-state index in [1.165, 1.54) is 12.1 Å². The molecule has 0 saturated carbocycles. The number of halogens is 3. The van der Waals surface area contributed by atoms with Crippen molar-refractivity contribution in [2.24, 2.45) is 5.92 Å². The van der Waals surface area contributed by atoms with Crippen LogP contribution in [0.4, 0.5) is 18.9 Å². The summed E-state index contributed by atoms with van der Waals surface area (Å²) in [5.41, 5.74) is 3.43. The fourth-order valence-corrected chi connectivity index (χ4v) is 5.02. The maximum atomic E-state index is 13.1. The van der Waals surface area contributed by atoms with Crippen molar-refractivity contribution in [3.8, 4) is 11.1 Å². The predicted molar refractivity (Wildman–Crippen MR) is 135 cm³/mol. The Bertz CT molecular complexity index is 1260. The van der Waals surface area contributed by atoms with Crippen molar-refractivity contribution in [1.82, 2.24) is 4.72 Å². The average Bonchev–Trinajstić information content (AvgIpc) is 3.23. The van der Waals surface area contributed by atoms with Gasteiger partial charge in [0.05, 0.1) is 12.2 Å². The number of alkyl halides is 3. The maximum absolute atomic E-state index is 13.1. The lowest BCUT2D eigenvalue weighted by Crippen LogP contribution is -2.32. The molecule has 0 fully saturated rings. The lowest BCUT2D eigenvalue weighted by atomic mass is 9.98. The minimum atomic E-state index is -4.42. The second kappa shape index (κ2) is 10.9. The van der Waals surface area contributed by atoms with Crippen molar-refractivity contribution in [3.05, 3.63) is 89.0 Å². The fraction of sp³-hybridized carbons (Fsp3) is 0.296. The van der Waals surface area contributed by atoms with E-state index >= 15 is 0 Å². The number of carbonyl (C=O) groups excluding carboxylic acids is 1. The summed E-state index contributed by atoms with van der Waals surface area (Å²) in [6.07, 6.45) is -3.07. The summed E-state index contributed by atoms with van der Waals surface area (Å²) in [5.74, 6) is -0.0756. The molecule has 0 bridgehead atoms. The molecule has 3 aromatic carbocycles. The molecule has 0 aromatic heterocycles. The minimum absolute atomic E-state index is 0.0284. The Morgan fingerprint density at radius 1 is 1.03 bits per heavy atom. The van der Waals surface area contributed by atoms with Crippen molar-refractivity contribution in [2.45, 2.75) is 38.9 Å². The third-order valence-corrected chi connectivity index (χ3v) is 6.74. The quantitative estimate of drug-likeness (QED) is 0.390. The molecule has 3 aromatic rings. The number of fused-ring (bicyclic) bond motifs is 1. The predicted octanol–water partition coefficient (Wildman–Crippen LogP) is 5.93. The van der Waals surface area contributed by atoms with Crippen LogP contribution in [0.1, 0.15) is 40.9 Å².